The summed E-state index contributed by atoms with van der Waals surface area (Å²) in [6.07, 6.45) is 4.61. The number of carbonyl (C=O) groups excluding carboxylic acids is 1. The van der Waals surface area contributed by atoms with E-state index in [2.05, 4.69) is 29.8 Å². The third-order valence-electron chi connectivity index (χ3n) is 4.87. The predicted molar refractivity (Wildman–Crippen MR) is 86.7 cm³/mol. The zero-order chi connectivity index (χ0) is 14.8. The Morgan fingerprint density at radius 2 is 1.90 bits per heavy atom. The molecule has 0 atom stereocenters. The number of carbonyl (C=O) groups is 1. The molecule has 0 radical (unpaired) electrons. The summed E-state index contributed by atoms with van der Waals surface area (Å²) < 4.78 is 0.716. The molecule has 4 heteroatoms. The van der Waals surface area contributed by atoms with Crippen molar-refractivity contribution in [1.82, 2.24) is 4.90 Å². The molecular formula is C16H23BrN2O. The first kappa shape index (κ1) is 15.4. The fourth-order valence-electron chi connectivity index (χ4n) is 3.03. The maximum atomic E-state index is 12.6. The standard InChI is InChI=1S/C16H23BrN2O/c1-3-16(4-2)8-10-19(11-9-16)15(20)12-6-5-7-13(18)14(12)17/h5-7H,3-4,8-11,18H2,1-2H3. The maximum absolute atomic E-state index is 12.6. The first-order chi connectivity index (χ1) is 9.53. The normalized spacial score (nSPS) is 18.1. The number of hydrogen-bond acceptors (Lipinski definition) is 2. The van der Waals surface area contributed by atoms with Crippen molar-refractivity contribution < 1.29 is 4.79 Å². The molecule has 0 bridgehead atoms. The number of anilines is 1. The third-order valence-corrected chi connectivity index (χ3v) is 5.76. The molecule has 1 aliphatic heterocycles. The average Bonchev–Trinajstić information content (AvgIpc) is 2.49. The minimum atomic E-state index is 0.0879. The topological polar surface area (TPSA) is 46.3 Å². The van der Waals surface area contributed by atoms with Gasteiger partial charge < -0.3 is 10.6 Å². The van der Waals surface area contributed by atoms with Crippen molar-refractivity contribution in [3.05, 3.63) is 28.2 Å². The molecule has 1 heterocycles. The Hall–Kier alpha value is -1.03. The lowest BCUT2D eigenvalue weighted by molar-refractivity contribution is 0.0557. The highest BCUT2D eigenvalue weighted by Gasteiger charge is 2.33. The summed E-state index contributed by atoms with van der Waals surface area (Å²) >= 11 is 3.42. The molecule has 2 N–H and O–H groups in total. The highest BCUT2D eigenvalue weighted by atomic mass is 79.9. The van der Waals surface area contributed by atoms with E-state index in [1.807, 2.05) is 17.0 Å². The van der Waals surface area contributed by atoms with Gasteiger partial charge in [-0.05, 0) is 46.3 Å². The molecule has 1 aromatic rings. The minimum absolute atomic E-state index is 0.0879. The van der Waals surface area contributed by atoms with Crippen LogP contribution in [0, 0.1) is 5.41 Å². The number of amides is 1. The first-order valence-electron chi connectivity index (χ1n) is 7.36. The molecule has 1 amide bonds. The van der Waals surface area contributed by atoms with Gasteiger partial charge in [-0.3, -0.25) is 4.79 Å². The number of halogens is 1. The minimum Gasteiger partial charge on any atom is -0.398 e. The Kier molecular flexibility index (Phi) is 4.74. The van der Waals surface area contributed by atoms with Crippen LogP contribution in [-0.2, 0) is 0 Å². The van der Waals surface area contributed by atoms with Crippen molar-refractivity contribution >= 4 is 27.5 Å². The highest BCUT2D eigenvalue weighted by Crippen LogP contribution is 2.38. The molecule has 0 aromatic heterocycles. The average molecular weight is 339 g/mol. The van der Waals surface area contributed by atoms with Gasteiger partial charge in [0, 0.05) is 18.8 Å². The zero-order valence-electron chi connectivity index (χ0n) is 12.3. The summed E-state index contributed by atoms with van der Waals surface area (Å²) in [5, 5.41) is 0. The molecule has 1 aromatic carbocycles. The van der Waals surface area contributed by atoms with Crippen LogP contribution in [0.5, 0.6) is 0 Å². The summed E-state index contributed by atoms with van der Waals surface area (Å²) in [6, 6.07) is 5.47. The molecule has 3 nitrogen and oxygen atoms in total. The number of rotatable bonds is 3. The fraction of sp³-hybridized carbons (Fsp3) is 0.562. The molecule has 0 spiro atoms. The van der Waals surface area contributed by atoms with Crippen molar-refractivity contribution in [2.45, 2.75) is 39.5 Å². The zero-order valence-corrected chi connectivity index (χ0v) is 13.9. The summed E-state index contributed by atoms with van der Waals surface area (Å²) in [7, 11) is 0. The predicted octanol–water partition coefficient (Wildman–Crippen LogP) is 4.07. The second kappa shape index (κ2) is 6.17. The number of benzene rings is 1. The van der Waals surface area contributed by atoms with E-state index in [-0.39, 0.29) is 5.91 Å². The van der Waals surface area contributed by atoms with E-state index >= 15 is 0 Å². The lowest BCUT2D eigenvalue weighted by Crippen LogP contribution is -2.42. The monoisotopic (exact) mass is 338 g/mol. The molecule has 1 fully saturated rings. The van der Waals surface area contributed by atoms with Gasteiger partial charge in [-0.2, -0.15) is 0 Å². The summed E-state index contributed by atoms with van der Waals surface area (Å²) in [4.78, 5) is 14.6. The van der Waals surface area contributed by atoms with E-state index in [1.54, 1.807) is 6.07 Å². The third kappa shape index (κ3) is 2.85. The molecular weight excluding hydrogens is 316 g/mol. The Labute approximate surface area is 129 Å². The largest absolute Gasteiger partial charge is 0.398 e. The van der Waals surface area contributed by atoms with E-state index in [4.69, 9.17) is 5.73 Å². The van der Waals surface area contributed by atoms with Gasteiger partial charge in [0.2, 0.25) is 0 Å². The van der Waals surface area contributed by atoms with Crippen molar-refractivity contribution in [2.24, 2.45) is 5.41 Å². The number of nitrogen functional groups attached to an aromatic ring is 1. The fourth-order valence-corrected chi connectivity index (χ4v) is 3.46. The van der Waals surface area contributed by atoms with Crippen LogP contribution in [0.2, 0.25) is 0 Å². The molecule has 0 unspecified atom stereocenters. The second-order valence-electron chi connectivity index (χ2n) is 5.71. The second-order valence-corrected chi connectivity index (χ2v) is 6.50. The van der Waals surface area contributed by atoms with Crippen LogP contribution in [0.15, 0.2) is 22.7 Å². The summed E-state index contributed by atoms with van der Waals surface area (Å²) in [5.41, 5.74) is 7.58. The van der Waals surface area contributed by atoms with Gasteiger partial charge in [0.15, 0.2) is 0 Å². The lowest BCUT2D eigenvalue weighted by atomic mass is 9.74. The lowest BCUT2D eigenvalue weighted by Gasteiger charge is -2.41. The molecule has 0 saturated carbocycles. The molecule has 0 aliphatic carbocycles. The molecule has 2 rings (SSSR count). The number of likely N-dealkylation sites (tertiary alicyclic amines) is 1. The highest BCUT2D eigenvalue weighted by molar-refractivity contribution is 9.10. The Morgan fingerprint density at radius 3 is 2.45 bits per heavy atom. The first-order valence-corrected chi connectivity index (χ1v) is 8.15. The maximum Gasteiger partial charge on any atom is 0.255 e. The van der Waals surface area contributed by atoms with Gasteiger partial charge in [-0.25, -0.2) is 0 Å². The van der Waals surface area contributed by atoms with Crippen LogP contribution in [-0.4, -0.2) is 23.9 Å². The number of nitrogens with two attached hydrogens (primary N) is 1. The van der Waals surface area contributed by atoms with Crippen LogP contribution >= 0.6 is 15.9 Å². The van der Waals surface area contributed by atoms with Gasteiger partial charge >= 0.3 is 0 Å². The number of nitrogens with zero attached hydrogens (tertiary/aromatic N) is 1. The van der Waals surface area contributed by atoms with Crippen molar-refractivity contribution in [2.75, 3.05) is 18.8 Å². The van der Waals surface area contributed by atoms with Crippen molar-refractivity contribution in [3.8, 4) is 0 Å². The van der Waals surface area contributed by atoms with E-state index < -0.39 is 0 Å². The molecule has 110 valence electrons. The smallest absolute Gasteiger partial charge is 0.255 e. The van der Waals surface area contributed by atoms with Gasteiger partial charge in [0.1, 0.15) is 0 Å². The van der Waals surface area contributed by atoms with Crippen LogP contribution in [0.3, 0.4) is 0 Å². The van der Waals surface area contributed by atoms with Gasteiger partial charge in [0.05, 0.1) is 10.0 Å². The number of hydrogen-bond donors (Lipinski definition) is 1. The van der Waals surface area contributed by atoms with Crippen LogP contribution in [0.25, 0.3) is 0 Å². The Bertz CT molecular complexity index is 487. The van der Waals surface area contributed by atoms with Gasteiger partial charge in [0.25, 0.3) is 5.91 Å². The quantitative estimate of drug-likeness (QED) is 0.844. The summed E-state index contributed by atoms with van der Waals surface area (Å²) in [6.45, 7) is 6.22. The van der Waals surface area contributed by atoms with Crippen molar-refractivity contribution in [1.29, 1.82) is 0 Å². The summed E-state index contributed by atoms with van der Waals surface area (Å²) in [5.74, 6) is 0.0879. The van der Waals surface area contributed by atoms with Gasteiger partial charge in [-0.1, -0.05) is 32.8 Å². The number of piperidine rings is 1. The molecule has 20 heavy (non-hydrogen) atoms. The molecule has 1 saturated heterocycles. The Balaban J connectivity index is 2.11. The SMILES string of the molecule is CCC1(CC)CCN(C(=O)c2cccc(N)c2Br)CC1. The van der Waals surface area contributed by atoms with Gasteiger partial charge in [-0.15, -0.1) is 0 Å². The van der Waals surface area contributed by atoms with E-state index in [0.717, 1.165) is 25.9 Å². The van der Waals surface area contributed by atoms with Crippen LogP contribution in [0.1, 0.15) is 49.9 Å². The molecule has 1 aliphatic rings. The van der Waals surface area contributed by atoms with E-state index in [0.29, 0.717) is 21.1 Å². The van der Waals surface area contributed by atoms with E-state index in [9.17, 15) is 4.79 Å². The van der Waals surface area contributed by atoms with E-state index in [1.165, 1.54) is 12.8 Å². The Morgan fingerprint density at radius 1 is 1.30 bits per heavy atom. The van der Waals surface area contributed by atoms with Crippen molar-refractivity contribution in [3.63, 3.8) is 0 Å². The van der Waals surface area contributed by atoms with Crippen LogP contribution < -0.4 is 5.73 Å². The van der Waals surface area contributed by atoms with Crippen LogP contribution in [0.4, 0.5) is 5.69 Å².